The minimum atomic E-state index is -0.729. The maximum Gasteiger partial charge on any atom is 0.303 e. The first-order chi connectivity index (χ1) is 9.63. The molecule has 0 aromatic heterocycles. The highest BCUT2D eigenvalue weighted by Crippen LogP contribution is 2.25. The van der Waals surface area contributed by atoms with Gasteiger partial charge in [-0.3, -0.25) is 4.79 Å². The van der Waals surface area contributed by atoms with Gasteiger partial charge < -0.3 is 19.5 Å². The van der Waals surface area contributed by atoms with Crippen LogP contribution in [0.1, 0.15) is 19.3 Å². The van der Waals surface area contributed by atoms with Crippen molar-refractivity contribution in [1.82, 2.24) is 4.90 Å². The van der Waals surface area contributed by atoms with Crippen LogP contribution in [0.25, 0.3) is 0 Å². The Morgan fingerprint density at radius 2 is 1.86 bits per heavy atom. The number of likely N-dealkylation sites (N-methyl/N-ethyl adjacent to an activating group) is 1. The first-order valence-electron chi connectivity index (χ1n) is 6.79. The normalized spacial score (nSPS) is 10.0. The number of hydrogen-bond donors (Lipinski definition) is 1. The van der Waals surface area contributed by atoms with Crippen LogP contribution < -0.4 is 9.47 Å². The second-order valence-electron chi connectivity index (χ2n) is 4.65. The van der Waals surface area contributed by atoms with Gasteiger partial charge in [0.25, 0.3) is 0 Å². The van der Waals surface area contributed by atoms with E-state index in [0.29, 0.717) is 13.0 Å². The van der Waals surface area contributed by atoms with Crippen LogP contribution in [0.5, 0.6) is 11.5 Å². The summed E-state index contributed by atoms with van der Waals surface area (Å²) in [7, 11) is 3.63. The molecular weight excluding hydrogens is 294 g/mol. The van der Waals surface area contributed by atoms with Gasteiger partial charge in [0.05, 0.1) is 7.11 Å². The maximum atomic E-state index is 10.4. The third-order valence-electron chi connectivity index (χ3n) is 2.98. The lowest BCUT2D eigenvalue weighted by molar-refractivity contribution is -0.137. The standard InChI is InChI=1S/C15H23NO4.ClH/c1-16(10-6-5-9-15(17)18)11-12-20-14-8-4-3-7-13(14)19-2;/h3-4,7-8H,5-6,9-12H2,1-2H3,(H,17,18);1H. The number of carboxylic acid groups (broad SMARTS) is 1. The number of para-hydroxylation sites is 2. The fourth-order valence-corrected chi connectivity index (χ4v) is 1.82. The van der Waals surface area contributed by atoms with Gasteiger partial charge in [-0.2, -0.15) is 0 Å². The zero-order chi connectivity index (χ0) is 14.8. The molecule has 0 aliphatic heterocycles. The molecule has 0 bridgehead atoms. The highest BCUT2D eigenvalue weighted by Gasteiger charge is 2.04. The molecule has 21 heavy (non-hydrogen) atoms. The van der Waals surface area contributed by atoms with E-state index in [9.17, 15) is 4.79 Å². The Balaban J connectivity index is 0.00000400. The third-order valence-corrected chi connectivity index (χ3v) is 2.98. The zero-order valence-corrected chi connectivity index (χ0v) is 13.4. The van der Waals surface area contributed by atoms with Crippen LogP contribution in [0, 0.1) is 0 Å². The van der Waals surface area contributed by atoms with E-state index in [-0.39, 0.29) is 18.8 Å². The summed E-state index contributed by atoms with van der Waals surface area (Å²) in [4.78, 5) is 12.5. The van der Waals surface area contributed by atoms with Crippen molar-refractivity contribution < 1.29 is 19.4 Å². The van der Waals surface area contributed by atoms with E-state index in [1.807, 2.05) is 31.3 Å². The number of methoxy groups -OCH3 is 1. The van der Waals surface area contributed by atoms with Gasteiger partial charge in [-0.1, -0.05) is 12.1 Å². The Morgan fingerprint density at radius 3 is 2.48 bits per heavy atom. The molecule has 1 aromatic carbocycles. The average Bonchev–Trinajstić information content (AvgIpc) is 2.44. The Labute approximate surface area is 132 Å². The van der Waals surface area contributed by atoms with E-state index in [0.717, 1.165) is 31.0 Å². The van der Waals surface area contributed by atoms with Crippen molar-refractivity contribution in [2.75, 3.05) is 33.9 Å². The summed E-state index contributed by atoms with van der Waals surface area (Å²) in [6.07, 6.45) is 1.84. The molecule has 120 valence electrons. The Bertz CT molecular complexity index is 414. The van der Waals surface area contributed by atoms with Gasteiger partial charge in [-0.15, -0.1) is 12.4 Å². The van der Waals surface area contributed by atoms with E-state index in [1.54, 1.807) is 7.11 Å². The number of ether oxygens (including phenoxy) is 2. The highest BCUT2D eigenvalue weighted by atomic mass is 35.5. The van der Waals surface area contributed by atoms with Gasteiger partial charge in [0, 0.05) is 13.0 Å². The lowest BCUT2D eigenvalue weighted by Gasteiger charge is -2.17. The van der Waals surface area contributed by atoms with Crippen LogP contribution in [0.15, 0.2) is 24.3 Å². The third kappa shape index (κ3) is 8.42. The molecule has 0 aliphatic carbocycles. The predicted octanol–water partition coefficient (Wildman–Crippen LogP) is 2.68. The van der Waals surface area contributed by atoms with E-state index in [2.05, 4.69) is 4.90 Å². The molecule has 0 amide bonds. The van der Waals surface area contributed by atoms with E-state index in [1.165, 1.54) is 0 Å². The molecule has 0 unspecified atom stereocenters. The number of carboxylic acids is 1. The average molecular weight is 318 g/mol. The molecule has 0 aliphatic rings. The topological polar surface area (TPSA) is 59.0 Å². The molecular formula is C15H24ClNO4. The van der Waals surface area contributed by atoms with Crippen molar-refractivity contribution in [3.05, 3.63) is 24.3 Å². The largest absolute Gasteiger partial charge is 0.493 e. The second-order valence-corrected chi connectivity index (χ2v) is 4.65. The van der Waals surface area contributed by atoms with Crippen LogP contribution in [0.3, 0.4) is 0 Å². The van der Waals surface area contributed by atoms with Crippen LogP contribution in [-0.2, 0) is 4.79 Å². The fraction of sp³-hybridized carbons (Fsp3) is 0.533. The van der Waals surface area contributed by atoms with Gasteiger partial charge >= 0.3 is 5.97 Å². The van der Waals surface area contributed by atoms with Gasteiger partial charge in [0.2, 0.25) is 0 Å². The number of benzene rings is 1. The second kappa shape index (κ2) is 11.2. The predicted molar refractivity (Wildman–Crippen MR) is 84.7 cm³/mol. The lowest BCUT2D eigenvalue weighted by Crippen LogP contribution is -2.25. The number of unbranched alkanes of at least 4 members (excludes halogenated alkanes) is 1. The minimum absolute atomic E-state index is 0. The summed E-state index contributed by atoms with van der Waals surface area (Å²) in [5, 5.41) is 8.55. The number of hydrogen-bond acceptors (Lipinski definition) is 4. The molecule has 0 spiro atoms. The van der Waals surface area contributed by atoms with Gasteiger partial charge in [0.15, 0.2) is 11.5 Å². The van der Waals surface area contributed by atoms with Gasteiger partial charge in [-0.25, -0.2) is 0 Å². The van der Waals surface area contributed by atoms with E-state index < -0.39 is 5.97 Å². The summed E-state index contributed by atoms with van der Waals surface area (Å²) < 4.78 is 10.9. The number of carbonyl (C=O) groups is 1. The molecule has 1 aromatic rings. The number of rotatable bonds is 10. The van der Waals surface area contributed by atoms with Gasteiger partial charge in [0.1, 0.15) is 6.61 Å². The van der Waals surface area contributed by atoms with Crippen molar-refractivity contribution in [2.45, 2.75) is 19.3 Å². The van der Waals surface area contributed by atoms with Crippen LogP contribution in [0.4, 0.5) is 0 Å². The molecule has 0 saturated heterocycles. The summed E-state index contributed by atoms with van der Waals surface area (Å²) in [6.45, 7) is 2.25. The van der Waals surface area contributed by atoms with Crippen molar-refractivity contribution in [2.24, 2.45) is 0 Å². The minimum Gasteiger partial charge on any atom is -0.493 e. The summed E-state index contributed by atoms with van der Waals surface area (Å²) in [6, 6.07) is 7.56. The molecule has 0 atom stereocenters. The molecule has 0 heterocycles. The van der Waals surface area contributed by atoms with Crippen molar-refractivity contribution in [3.8, 4) is 11.5 Å². The number of nitrogens with zero attached hydrogens (tertiary/aromatic N) is 1. The number of halogens is 1. The summed E-state index contributed by atoms with van der Waals surface area (Å²) in [5.74, 6) is 0.748. The first kappa shape index (κ1) is 19.5. The van der Waals surface area contributed by atoms with Crippen molar-refractivity contribution in [1.29, 1.82) is 0 Å². The Hall–Kier alpha value is -1.46. The monoisotopic (exact) mass is 317 g/mol. The van der Waals surface area contributed by atoms with Crippen molar-refractivity contribution in [3.63, 3.8) is 0 Å². The lowest BCUT2D eigenvalue weighted by atomic mass is 10.2. The summed E-state index contributed by atoms with van der Waals surface area (Å²) in [5.41, 5.74) is 0. The van der Waals surface area contributed by atoms with Crippen molar-refractivity contribution >= 4 is 18.4 Å². The molecule has 0 radical (unpaired) electrons. The smallest absolute Gasteiger partial charge is 0.303 e. The molecule has 1 rings (SSSR count). The zero-order valence-electron chi connectivity index (χ0n) is 12.6. The number of aliphatic carboxylic acids is 1. The molecule has 1 N–H and O–H groups in total. The Morgan fingerprint density at radius 1 is 1.19 bits per heavy atom. The highest BCUT2D eigenvalue weighted by molar-refractivity contribution is 5.85. The molecule has 6 heteroatoms. The van der Waals surface area contributed by atoms with Crippen LogP contribution >= 0.6 is 12.4 Å². The van der Waals surface area contributed by atoms with Gasteiger partial charge in [-0.05, 0) is 38.6 Å². The molecule has 0 saturated carbocycles. The first-order valence-corrected chi connectivity index (χ1v) is 6.79. The Kier molecular flexibility index (Phi) is 10.4. The quantitative estimate of drug-likeness (QED) is 0.672. The maximum absolute atomic E-state index is 10.4. The van der Waals surface area contributed by atoms with Crippen LogP contribution in [-0.4, -0.2) is 49.8 Å². The van der Waals surface area contributed by atoms with E-state index in [4.69, 9.17) is 14.6 Å². The molecule has 5 nitrogen and oxygen atoms in total. The summed E-state index contributed by atoms with van der Waals surface area (Å²) >= 11 is 0. The van der Waals surface area contributed by atoms with E-state index >= 15 is 0 Å². The molecule has 0 fully saturated rings. The van der Waals surface area contributed by atoms with Crippen LogP contribution in [0.2, 0.25) is 0 Å². The fourth-order valence-electron chi connectivity index (χ4n) is 1.82. The SMILES string of the molecule is COc1ccccc1OCCN(C)CCCCC(=O)O.Cl.